The Labute approximate surface area is 108 Å². The van der Waals surface area contributed by atoms with Gasteiger partial charge in [0.05, 0.1) is 14.2 Å². The summed E-state index contributed by atoms with van der Waals surface area (Å²) in [5.41, 5.74) is 5.99. The van der Waals surface area contributed by atoms with Crippen molar-refractivity contribution >= 4 is 0 Å². The first-order chi connectivity index (χ1) is 8.47. The van der Waals surface area contributed by atoms with Gasteiger partial charge in [-0.25, -0.2) is 0 Å². The summed E-state index contributed by atoms with van der Waals surface area (Å²) < 4.78 is 16.4. The van der Waals surface area contributed by atoms with Crippen molar-refractivity contribution in [3.8, 4) is 17.2 Å². The second-order valence-corrected chi connectivity index (χ2v) is 5.32. The van der Waals surface area contributed by atoms with Gasteiger partial charge in [-0.2, -0.15) is 0 Å². The van der Waals surface area contributed by atoms with Crippen LogP contribution < -0.4 is 19.9 Å². The molecule has 0 spiro atoms. The first-order valence-corrected chi connectivity index (χ1v) is 6.12. The highest BCUT2D eigenvalue weighted by atomic mass is 16.5. The van der Waals surface area contributed by atoms with Crippen molar-refractivity contribution in [2.45, 2.75) is 32.4 Å². The van der Waals surface area contributed by atoms with Crippen LogP contribution in [-0.2, 0) is 0 Å². The van der Waals surface area contributed by atoms with Crippen molar-refractivity contribution in [1.82, 2.24) is 0 Å². The summed E-state index contributed by atoms with van der Waals surface area (Å²) in [6.45, 7) is 4.26. The maximum absolute atomic E-state index is 5.98. The Bertz CT molecular complexity index is 409. The molecule has 1 aliphatic rings. The molecule has 1 aromatic carbocycles. The molecule has 1 fully saturated rings. The molecule has 0 aromatic heterocycles. The first kappa shape index (κ1) is 13.0. The first-order valence-electron chi connectivity index (χ1n) is 6.12. The number of benzene rings is 1. The maximum Gasteiger partial charge on any atom is 0.127 e. The van der Waals surface area contributed by atoms with Crippen molar-refractivity contribution in [2.75, 3.05) is 14.2 Å². The highest BCUT2D eigenvalue weighted by molar-refractivity contribution is 5.42. The fraction of sp³-hybridized carbons (Fsp3) is 0.571. The van der Waals surface area contributed by atoms with Crippen LogP contribution in [0.1, 0.15) is 20.3 Å². The minimum Gasteiger partial charge on any atom is -0.496 e. The summed E-state index contributed by atoms with van der Waals surface area (Å²) >= 11 is 0. The number of methoxy groups -OCH3 is 2. The zero-order valence-corrected chi connectivity index (χ0v) is 11.4. The van der Waals surface area contributed by atoms with Gasteiger partial charge in [0.2, 0.25) is 0 Å². The van der Waals surface area contributed by atoms with Crippen molar-refractivity contribution < 1.29 is 14.2 Å². The highest BCUT2D eigenvalue weighted by Crippen LogP contribution is 2.42. The minimum atomic E-state index is 0.0102. The van der Waals surface area contributed by atoms with Gasteiger partial charge in [-0.1, -0.05) is 13.8 Å². The van der Waals surface area contributed by atoms with E-state index in [0.717, 1.165) is 23.7 Å². The number of nitrogens with two attached hydrogens (primary N) is 1. The molecule has 1 saturated carbocycles. The average Bonchev–Trinajstić information content (AvgIpc) is 2.38. The summed E-state index contributed by atoms with van der Waals surface area (Å²) in [5.74, 6) is 2.22. The summed E-state index contributed by atoms with van der Waals surface area (Å²) in [6.07, 6.45) is 1.02. The zero-order valence-electron chi connectivity index (χ0n) is 11.4. The van der Waals surface area contributed by atoms with E-state index >= 15 is 0 Å². The Morgan fingerprint density at radius 2 is 1.56 bits per heavy atom. The molecule has 0 saturated heterocycles. The van der Waals surface area contributed by atoms with E-state index in [-0.39, 0.29) is 17.6 Å². The average molecular weight is 251 g/mol. The quantitative estimate of drug-likeness (QED) is 0.891. The van der Waals surface area contributed by atoms with Gasteiger partial charge >= 0.3 is 0 Å². The SMILES string of the molecule is COc1cc(OC)cc(OC2CC(N)C2(C)C)c1. The van der Waals surface area contributed by atoms with E-state index < -0.39 is 0 Å². The lowest BCUT2D eigenvalue weighted by Gasteiger charge is -2.49. The second kappa shape index (κ2) is 4.69. The van der Waals surface area contributed by atoms with E-state index in [4.69, 9.17) is 19.9 Å². The molecule has 0 heterocycles. The molecule has 0 aliphatic heterocycles. The van der Waals surface area contributed by atoms with Crippen LogP contribution in [0.15, 0.2) is 18.2 Å². The van der Waals surface area contributed by atoms with Crippen LogP contribution in [0.4, 0.5) is 0 Å². The molecule has 1 aliphatic carbocycles. The number of rotatable bonds is 4. The summed E-state index contributed by atoms with van der Waals surface area (Å²) in [6, 6.07) is 5.75. The monoisotopic (exact) mass is 251 g/mol. The fourth-order valence-corrected chi connectivity index (χ4v) is 2.13. The van der Waals surface area contributed by atoms with Crippen molar-refractivity contribution in [2.24, 2.45) is 11.1 Å². The largest absolute Gasteiger partial charge is 0.496 e. The molecule has 2 rings (SSSR count). The maximum atomic E-state index is 5.98. The van der Waals surface area contributed by atoms with Gasteiger partial charge in [-0.3, -0.25) is 0 Å². The van der Waals surface area contributed by atoms with Crippen LogP contribution in [0.3, 0.4) is 0 Å². The standard InChI is InChI=1S/C14H21NO3/c1-14(2)12(15)8-13(14)18-11-6-9(16-3)5-10(7-11)17-4/h5-7,12-13H,8,15H2,1-4H3. The summed E-state index contributed by atoms with van der Waals surface area (Å²) in [4.78, 5) is 0. The molecule has 100 valence electrons. The zero-order chi connectivity index (χ0) is 13.3. The third-order valence-corrected chi connectivity index (χ3v) is 3.86. The Morgan fingerprint density at radius 1 is 1.06 bits per heavy atom. The lowest BCUT2D eigenvalue weighted by atomic mass is 9.65. The van der Waals surface area contributed by atoms with Crippen LogP contribution in [0.25, 0.3) is 0 Å². The molecular weight excluding hydrogens is 230 g/mol. The molecule has 0 bridgehead atoms. The molecular formula is C14H21NO3. The van der Waals surface area contributed by atoms with Crippen molar-refractivity contribution in [3.05, 3.63) is 18.2 Å². The summed E-state index contributed by atoms with van der Waals surface area (Å²) in [5, 5.41) is 0. The molecule has 1 aromatic rings. The molecule has 2 unspecified atom stereocenters. The number of hydrogen-bond donors (Lipinski definition) is 1. The van der Waals surface area contributed by atoms with E-state index in [9.17, 15) is 0 Å². The molecule has 0 radical (unpaired) electrons. The van der Waals surface area contributed by atoms with Crippen molar-refractivity contribution in [3.63, 3.8) is 0 Å². The van der Waals surface area contributed by atoms with Gasteiger partial charge in [0.1, 0.15) is 23.4 Å². The minimum absolute atomic E-state index is 0.0102. The Morgan fingerprint density at radius 3 is 1.94 bits per heavy atom. The summed E-state index contributed by atoms with van der Waals surface area (Å²) in [7, 11) is 3.25. The van der Waals surface area contributed by atoms with Gasteiger partial charge < -0.3 is 19.9 Å². The number of ether oxygens (including phenoxy) is 3. The lowest BCUT2D eigenvalue weighted by Crippen LogP contribution is -2.60. The van der Waals surface area contributed by atoms with Gasteiger partial charge in [-0.05, 0) is 0 Å². The highest BCUT2D eigenvalue weighted by Gasteiger charge is 2.47. The van der Waals surface area contributed by atoms with E-state index in [1.165, 1.54) is 0 Å². The number of hydrogen-bond acceptors (Lipinski definition) is 4. The van der Waals surface area contributed by atoms with Crippen LogP contribution >= 0.6 is 0 Å². The second-order valence-electron chi connectivity index (χ2n) is 5.32. The van der Waals surface area contributed by atoms with Gasteiger partial charge in [0.15, 0.2) is 0 Å². The third kappa shape index (κ3) is 2.25. The normalized spacial score (nSPS) is 25.2. The third-order valence-electron chi connectivity index (χ3n) is 3.86. The van der Waals surface area contributed by atoms with E-state index in [1.807, 2.05) is 18.2 Å². The fourth-order valence-electron chi connectivity index (χ4n) is 2.13. The molecule has 18 heavy (non-hydrogen) atoms. The molecule has 2 atom stereocenters. The lowest BCUT2D eigenvalue weighted by molar-refractivity contribution is -0.0401. The van der Waals surface area contributed by atoms with Crippen LogP contribution in [-0.4, -0.2) is 26.4 Å². The van der Waals surface area contributed by atoms with Gasteiger partial charge in [-0.15, -0.1) is 0 Å². The topological polar surface area (TPSA) is 53.7 Å². The van der Waals surface area contributed by atoms with Crippen LogP contribution in [0.5, 0.6) is 17.2 Å². The van der Waals surface area contributed by atoms with E-state index in [0.29, 0.717) is 0 Å². The molecule has 0 amide bonds. The Kier molecular flexibility index (Phi) is 3.39. The van der Waals surface area contributed by atoms with Gasteiger partial charge in [0, 0.05) is 36.1 Å². The molecule has 2 N–H and O–H groups in total. The van der Waals surface area contributed by atoms with Crippen LogP contribution in [0, 0.1) is 5.41 Å². The molecule has 4 heteroatoms. The smallest absolute Gasteiger partial charge is 0.127 e. The van der Waals surface area contributed by atoms with Gasteiger partial charge in [0.25, 0.3) is 0 Å². The van der Waals surface area contributed by atoms with E-state index in [1.54, 1.807) is 14.2 Å². The van der Waals surface area contributed by atoms with E-state index in [2.05, 4.69) is 13.8 Å². The Balaban J connectivity index is 2.14. The Hall–Kier alpha value is -1.42. The van der Waals surface area contributed by atoms with Crippen molar-refractivity contribution in [1.29, 1.82) is 0 Å². The van der Waals surface area contributed by atoms with Crippen LogP contribution in [0.2, 0.25) is 0 Å². The molecule has 4 nitrogen and oxygen atoms in total. The predicted octanol–water partition coefficient (Wildman–Crippen LogP) is 2.21. The predicted molar refractivity (Wildman–Crippen MR) is 70.3 cm³/mol.